The number of amides is 1. The SMILES string of the molecule is COC(=O)c1ccc(CNC(=O)c2c(Nc3cccc(C(F)(F)F)c3)c3ccccc3n2C)cc1. The van der Waals surface area contributed by atoms with Crippen molar-refractivity contribution in [2.45, 2.75) is 12.7 Å². The number of aromatic nitrogens is 1. The van der Waals surface area contributed by atoms with Crippen molar-refractivity contribution >= 4 is 34.2 Å². The van der Waals surface area contributed by atoms with Crippen LogP contribution < -0.4 is 10.6 Å². The van der Waals surface area contributed by atoms with E-state index >= 15 is 0 Å². The van der Waals surface area contributed by atoms with Crippen LogP contribution in [0.3, 0.4) is 0 Å². The summed E-state index contributed by atoms with van der Waals surface area (Å²) in [4.78, 5) is 24.8. The summed E-state index contributed by atoms with van der Waals surface area (Å²) in [7, 11) is 3.02. The van der Waals surface area contributed by atoms with Crippen LogP contribution in [0.15, 0.2) is 72.8 Å². The Hall–Kier alpha value is -4.27. The van der Waals surface area contributed by atoms with Gasteiger partial charge in [0.15, 0.2) is 0 Å². The second-order valence-corrected chi connectivity index (χ2v) is 7.87. The standard InChI is InChI=1S/C26H22F3N3O3/c1-32-21-9-4-3-8-20(21)22(31-19-7-5-6-18(14-19)26(27,28)29)23(32)24(33)30-15-16-10-12-17(13-11-16)25(34)35-2/h3-14,31H,15H2,1-2H3,(H,30,33). The van der Waals surface area contributed by atoms with Crippen LogP contribution in [0, 0.1) is 0 Å². The maximum atomic E-state index is 13.2. The summed E-state index contributed by atoms with van der Waals surface area (Å²) >= 11 is 0. The summed E-state index contributed by atoms with van der Waals surface area (Å²) in [5.41, 5.74) is 2.00. The first-order valence-corrected chi connectivity index (χ1v) is 10.7. The third kappa shape index (κ3) is 4.98. The molecule has 35 heavy (non-hydrogen) atoms. The average molecular weight is 481 g/mol. The number of esters is 1. The number of halogens is 3. The fourth-order valence-corrected chi connectivity index (χ4v) is 3.85. The minimum atomic E-state index is -4.49. The number of alkyl halides is 3. The van der Waals surface area contributed by atoms with Gasteiger partial charge in [0.05, 0.1) is 29.4 Å². The van der Waals surface area contributed by atoms with Crippen molar-refractivity contribution in [3.8, 4) is 0 Å². The van der Waals surface area contributed by atoms with E-state index < -0.39 is 23.6 Å². The lowest BCUT2D eigenvalue weighted by Crippen LogP contribution is -2.25. The summed E-state index contributed by atoms with van der Waals surface area (Å²) in [5.74, 6) is -0.864. The number of fused-ring (bicyclic) bond motifs is 1. The largest absolute Gasteiger partial charge is 0.465 e. The zero-order chi connectivity index (χ0) is 25.2. The highest BCUT2D eigenvalue weighted by Gasteiger charge is 2.30. The summed E-state index contributed by atoms with van der Waals surface area (Å²) in [6.07, 6.45) is -4.49. The predicted molar refractivity (Wildman–Crippen MR) is 127 cm³/mol. The highest BCUT2D eigenvalue weighted by atomic mass is 19.4. The number of anilines is 2. The molecule has 1 amide bonds. The predicted octanol–water partition coefficient (Wildman–Crippen LogP) is 5.66. The normalized spacial score (nSPS) is 11.3. The molecule has 0 aliphatic rings. The van der Waals surface area contributed by atoms with Crippen LogP contribution >= 0.6 is 0 Å². The van der Waals surface area contributed by atoms with E-state index in [1.54, 1.807) is 48.0 Å². The van der Waals surface area contributed by atoms with Crippen LogP contribution in [0.1, 0.15) is 32.0 Å². The molecule has 0 aliphatic carbocycles. The molecule has 1 aromatic heterocycles. The highest BCUT2D eigenvalue weighted by Crippen LogP contribution is 2.35. The Bertz CT molecular complexity index is 1390. The van der Waals surface area contributed by atoms with Crippen LogP contribution in [0.25, 0.3) is 10.9 Å². The van der Waals surface area contributed by atoms with Crippen molar-refractivity contribution in [1.82, 2.24) is 9.88 Å². The van der Waals surface area contributed by atoms with E-state index in [2.05, 4.69) is 15.4 Å². The van der Waals surface area contributed by atoms with Crippen molar-refractivity contribution in [2.24, 2.45) is 7.05 Å². The number of ether oxygens (including phenoxy) is 1. The summed E-state index contributed by atoms with van der Waals surface area (Å²) in [6.45, 7) is 0.185. The van der Waals surface area contributed by atoms with Gasteiger partial charge < -0.3 is 19.9 Å². The van der Waals surface area contributed by atoms with Crippen molar-refractivity contribution in [3.63, 3.8) is 0 Å². The Morgan fingerprint density at radius 2 is 1.69 bits per heavy atom. The molecule has 1 heterocycles. The smallest absolute Gasteiger partial charge is 0.416 e. The van der Waals surface area contributed by atoms with E-state index in [4.69, 9.17) is 0 Å². The lowest BCUT2D eigenvalue weighted by molar-refractivity contribution is -0.137. The molecular formula is C26H22F3N3O3. The number of para-hydroxylation sites is 1. The fraction of sp³-hybridized carbons (Fsp3) is 0.154. The maximum Gasteiger partial charge on any atom is 0.416 e. The van der Waals surface area contributed by atoms with Gasteiger partial charge in [-0.3, -0.25) is 4.79 Å². The average Bonchev–Trinajstić information content (AvgIpc) is 3.13. The Morgan fingerprint density at radius 1 is 0.971 bits per heavy atom. The number of benzene rings is 3. The Labute approximate surface area is 199 Å². The molecule has 3 aromatic carbocycles. The number of nitrogens with one attached hydrogen (secondary N) is 2. The van der Waals surface area contributed by atoms with E-state index in [1.807, 2.05) is 12.1 Å². The zero-order valence-corrected chi connectivity index (χ0v) is 18.9. The second-order valence-electron chi connectivity index (χ2n) is 7.87. The Morgan fingerprint density at radius 3 is 2.37 bits per heavy atom. The Kier molecular flexibility index (Phi) is 6.50. The maximum absolute atomic E-state index is 13.2. The molecule has 0 radical (unpaired) electrons. The van der Waals surface area contributed by atoms with Gasteiger partial charge in [-0.05, 0) is 42.0 Å². The second kappa shape index (κ2) is 9.54. The number of methoxy groups -OCH3 is 1. The molecule has 0 atom stereocenters. The third-order valence-electron chi connectivity index (χ3n) is 5.61. The van der Waals surface area contributed by atoms with Crippen molar-refractivity contribution in [1.29, 1.82) is 0 Å². The Balaban J connectivity index is 1.64. The number of aryl methyl sites for hydroxylation is 1. The number of rotatable bonds is 6. The minimum absolute atomic E-state index is 0.185. The lowest BCUT2D eigenvalue weighted by atomic mass is 10.1. The van der Waals surface area contributed by atoms with Gasteiger partial charge in [-0.2, -0.15) is 13.2 Å². The third-order valence-corrected chi connectivity index (χ3v) is 5.61. The zero-order valence-electron chi connectivity index (χ0n) is 18.9. The lowest BCUT2D eigenvalue weighted by Gasteiger charge is -2.13. The minimum Gasteiger partial charge on any atom is -0.465 e. The molecule has 0 saturated heterocycles. The number of nitrogens with zero attached hydrogens (tertiary/aromatic N) is 1. The van der Waals surface area contributed by atoms with Crippen LogP contribution in [0.4, 0.5) is 24.5 Å². The summed E-state index contributed by atoms with van der Waals surface area (Å²) in [6, 6.07) is 18.7. The van der Waals surface area contributed by atoms with Gasteiger partial charge in [0.25, 0.3) is 5.91 Å². The number of hydrogen-bond donors (Lipinski definition) is 2. The summed E-state index contributed by atoms with van der Waals surface area (Å²) in [5, 5.41) is 6.56. The molecule has 0 bridgehead atoms. The molecule has 180 valence electrons. The van der Waals surface area contributed by atoms with Crippen molar-refractivity contribution in [2.75, 3.05) is 12.4 Å². The van der Waals surface area contributed by atoms with Crippen LogP contribution in [0.5, 0.6) is 0 Å². The quantitative estimate of drug-likeness (QED) is 0.349. The molecule has 0 fully saturated rings. The highest BCUT2D eigenvalue weighted by molar-refractivity contribution is 6.09. The molecule has 4 rings (SSSR count). The molecule has 2 N–H and O–H groups in total. The number of carbonyl (C=O) groups excluding carboxylic acids is 2. The molecule has 9 heteroatoms. The van der Waals surface area contributed by atoms with Crippen molar-refractivity contribution in [3.05, 3.63) is 95.2 Å². The van der Waals surface area contributed by atoms with Gasteiger partial charge >= 0.3 is 12.1 Å². The number of carbonyl (C=O) groups is 2. The first kappa shape index (κ1) is 23.9. The first-order valence-electron chi connectivity index (χ1n) is 10.7. The van der Waals surface area contributed by atoms with Crippen LogP contribution in [-0.2, 0) is 24.5 Å². The number of hydrogen-bond acceptors (Lipinski definition) is 4. The van der Waals surface area contributed by atoms with E-state index in [9.17, 15) is 22.8 Å². The van der Waals surface area contributed by atoms with Crippen LogP contribution in [-0.4, -0.2) is 23.6 Å². The molecule has 0 saturated carbocycles. The van der Waals surface area contributed by atoms with E-state index in [1.165, 1.54) is 19.2 Å². The molecule has 0 aliphatic heterocycles. The van der Waals surface area contributed by atoms with Gasteiger partial charge in [0.1, 0.15) is 5.69 Å². The van der Waals surface area contributed by atoms with E-state index in [0.29, 0.717) is 16.6 Å². The first-order chi connectivity index (χ1) is 16.7. The van der Waals surface area contributed by atoms with E-state index in [0.717, 1.165) is 23.2 Å². The van der Waals surface area contributed by atoms with Gasteiger partial charge in [-0.15, -0.1) is 0 Å². The van der Waals surface area contributed by atoms with E-state index in [-0.39, 0.29) is 17.9 Å². The molecular weight excluding hydrogens is 459 g/mol. The molecule has 6 nitrogen and oxygen atoms in total. The van der Waals surface area contributed by atoms with Gasteiger partial charge in [-0.1, -0.05) is 36.4 Å². The van der Waals surface area contributed by atoms with Crippen molar-refractivity contribution < 1.29 is 27.5 Å². The van der Waals surface area contributed by atoms with Gasteiger partial charge in [0.2, 0.25) is 0 Å². The molecule has 4 aromatic rings. The van der Waals surface area contributed by atoms with Crippen LogP contribution in [0.2, 0.25) is 0 Å². The summed E-state index contributed by atoms with van der Waals surface area (Å²) < 4.78 is 46.0. The topological polar surface area (TPSA) is 72.4 Å². The monoisotopic (exact) mass is 481 g/mol. The molecule has 0 spiro atoms. The van der Waals surface area contributed by atoms with Gasteiger partial charge in [-0.25, -0.2) is 4.79 Å². The molecule has 0 unspecified atom stereocenters. The fourth-order valence-electron chi connectivity index (χ4n) is 3.85. The van der Waals surface area contributed by atoms with Gasteiger partial charge in [0, 0.05) is 24.7 Å².